The Morgan fingerprint density at radius 2 is 2.00 bits per heavy atom. The van der Waals surface area contributed by atoms with E-state index in [4.69, 9.17) is 4.74 Å². The second-order valence-corrected chi connectivity index (χ2v) is 4.40. The molecule has 0 amide bonds. The van der Waals surface area contributed by atoms with Gasteiger partial charge in [0.15, 0.2) is 11.5 Å². The molecule has 4 nitrogen and oxygen atoms in total. The molecule has 0 aromatic heterocycles. The third-order valence-electron chi connectivity index (χ3n) is 3.31. The Balaban J connectivity index is 0.00000180. The maximum Gasteiger partial charge on any atom is 0.160 e. The van der Waals surface area contributed by atoms with Crippen LogP contribution in [0.4, 0.5) is 0 Å². The maximum atomic E-state index is 9.63. The molecule has 1 saturated heterocycles. The van der Waals surface area contributed by atoms with Crippen LogP contribution in [0.1, 0.15) is 11.6 Å². The van der Waals surface area contributed by atoms with E-state index in [9.17, 15) is 5.11 Å². The average molecular weight is 321 g/mol. The van der Waals surface area contributed by atoms with Crippen LogP contribution in [0.15, 0.2) is 30.9 Å². The number of phenolic OH excluding ortho intramolecular Hbond substituents is 1. The smallest absolute Gasteiger partial charge is 0.160 e. The molecule has 0 unspecified atom stereocenters. The van der Waals surface area contributed by atoms with Gasteiger partial charge in [0.25, 0.3) is 0 Å². The van der Waals surface area contributed by atoms with Gasteiger partial charge in [0.05, 0.1) is 13.2 Å². The topological polar surface area (TPSA) is 44.7 Å². The highest BCUT2D eigenvalue weighted by atomic mass is 35.5. The lowest BCUT2D eigenvalue weighted by Gasteiger charge is -2.33. The average Bonchev–Trinajstić information content (AvgIpc) is 2.42. The normalized spacial score (nSPS) is 16.4. The summed E-state index contributed by atoms with van der Waals surface area (Å²) in [5, 5.41) is 13.0. The quantitative estimate of drug-likeness (QED) is 0.836. The molecule has 1 fully saturated rings. The van der Waals surface area contributed by atoms with Crippen molar-refractivity contribution in [2.75, 3.05) is 33.3 Å². The van der Waals surface area contributed by atoms with Gasteiger partial charge in [-0.25, -0.2) is 0 Å². The lowest BCUT2D eigenvalue weighted by Crippen LogP contribution is -2.44. The largest absolute Gasteiger partial charge is 0.504 e. The molecule has 0 saturated carbocycles. The highest BCUT2D eigenvalue weighted by Crippen LogP contribution is 2.31. The molecule has 1 atom stereocenters. The number of piperazine rings is 1. The Bertz CT molecular complexity index is 424. The SMILES string of the molecule is C=C[C@H](c1ccc(O)c(OC)c1)N1CCNCC1.Cl.Cl. The first kappa shape index (κ1) is 19.1. The van der Waals surface area contributed by atoms with E-state index in [0.29, 0.717) is 5.75 Å². The van der Waals surface area contributed by atoms with E-state index in [-0.39, 0.29) is 36.6 Å². The summed E-state index contributed by atoms with van der Waals surface area (Å²) in [4.78, 5) is 2.37. The molecule has 1 aromatic carbocycles. The van der Waals surface area contributed by atoms with Crippen LogP contribution in [-0.4, -0.2) is 43.3 Å². The van der Waals surface area contributed by atoms with Crippen LogP contribution >= 0.6 is 24.8 Å². The number of hydrogen-bond acceptors (Lipinski definition) is 4. The number of rotatable bonds is 4. The summed E-state index contributed by atoms with van der Waals surface area (Å²) in [6.45, 7) is 7.92. The minimum Gasteiger partial charge on any atom is -0.504 e. The lowest BCUT2D eigenvalue weighted by molar-refractivity contribution is 0.203. The van der Waals surface area contributed by atoms with Gasteiger partial charge < -0.3 is 15.2 Å². The summed E-state index contributed by atoms with van der Waals surface area (Å²) >= 11 is 0. The van der Waals surface area contributed by atoms with E-state index in [2.05, 4.69) is 16.8 Å². The highest BCUT2D eigenvalue weighted by molar-refractivity contribution is 5.85. The van der Waals surface area contributed by atoms with E-state index in [0.717, 1.165) is 31.7 Å². The summed E-state index contributed by atoms with van der Waals surface area (Å²) in [6.07, 6.45) is 1.94. The summed E-state index contributed by atoms with van der Waals surface area (Å²) in [5.41, 5.74) is 1.10. The molecule has 1 aliphatic heterocycles. The molecule has 20 heavy (non-hydrogen) atoms. The molecular weight excluding hydrogens is 299 g/mol. The van der Waals surface area contributed by atoms with Gasteiger partial charge >= 0.3 is 0 Å². The van der Waals surface area contributed by atoms with Gasteiger partial charge in [-0.15, -0.1) is 31.4 Å². The number of methoxy groups -OCH3 is 1. The first-order valence-corrected chi connectivity index (χ1v) is 6.20. The number of halogens is 2. The number of phenols is 1. The summed E-state index contributed by atoms with van der Waals surface area (Å²) in [5.74, 6) is 0.679. The second kappa shape index (κ2) is 9.08. The standard InChI is InChI=1S/C14H20N2O2.2ClH/c1-3-12(16-8-6-15-7-9-16)11-4-5-13(17)14(10-11)18-2;;/h3-5,10,12,15,17H,1,6-9H2,2H3;2*1H/t12-;;/m1../s1. The zero-order chi connectivity index (χ0) is 13.0. The zero-order valence-electron chi connectivity index (χ0n) is 11.5. The Morgan fingerprint density at radius 1 is 1.35 bits per heavy atom. The van der Waals surface area contributed by atoms with Crippen molar-refractivity contribution in [3.8, 4) is 11.5 Å². The van der Waals surface area contributed by atoms with Crippen LogP contribution in [0.25, 0.3) is 0 Å². The molecule has 6 heteroatoms. The second-order valence-electron chi connectivity index (χ2n) is 4.40. The van der Waals surface area contributed by atoms with Crippen molar-refractivity contribution in [3.05, 3.63) is 36.4 Å². The molecular formula is C14H22Cl2N2O2. The van der Waals surface area contributed by atoms with Crippen molar-refractivity contribution >= 4 is 24.8 Å². The molecule has 2 rings (SSSR count). The van der Waals surface area contributed by atoms with Crippen LogP contribution in [0.2, 0.25) is 0 Å². The number of hydrogen-bond donors (Lipinski definition) is 2. The maximum absolute atomic E-state index is 9.63. The third-order valence-corrected chi connectivity index (χ3v) is 3.31. The monoisotopic (exact) mass is 320 g/mol. The number of nitrogens with one attached hydrogen (secondary N) is 1. The predicted molar refractivity (Wildman–Crippen MR) is 86.5 cm³/mol. The minimum absolute atomic E-state index is 0. The van der Waals surface area contributed by atoms with Gasteiger partial charge in [-0.05, 0) is 17.7 Å². The fourth-order valence-electron chi connectivity index (χ4n) is 2.33. The van der Waals surface area contributed by atoms with Gasteiger partial charge in [0.2, 0.25) is 0 Å². The van der Waals surface area contributed by atoms with Crippen LogP contribution in [-0.2, 0) is 0 Å². The zero-order valence-corrected chi connectivity index (χ0v) is 13.2. The summed E-state index contributed by atoms with van der Waals surface area (Å²) in [6, 6.07) is 5.64. The summed E-state index contributed by atoms with van der Waals surface area (Å²) < 4.78 is 5.15. The van der Waals surface area contributed by atoms with E-state index in [1.165, 1.54) is 0 Å². The molecule has 114 valence electrons. The van der Waals surface area contributed by atoms with E-state index < -0.39 is 0 Å². The Kier molecular flexibility index (Phi) is 8.65. The van der Waals surface area contributed by atoms with Crippen molar-refractivity contribution in [3.63, 3.8) is 0 Å². The van der Waals surface area contributed by atoms with Gasteiger partial charge in [-0.1, -0.05) is 12.1 Å². The van der Waals surface area contributed by atoms with Gasteiger partial charge in [-0.2, -0.15) is 0 Å². The van der Waals surface area contributed by atoms with Crippen molar-refractivity contribution in [1.82, 2.24) is 10.2 Å². The summed E-state index contributed by atoms with van der Waals surface area (Å²) in [7, 11) is 1.56. The number of benzene rings is 1. The van der Waals surface area contributed by atoms with Crippen molar-refractivity contribution < 1.29 is 9.84 Å². The Labute approximate surface area is 132 Å². The molecule has 2 N–H and O–H groups in total. The fraction of sp³-hybridized carbons (Fsp3) is 0.429. The third kappa shape index (κ3) is 4.28. The highest BCUT2D eigenvalue weighted by Gasteiger charge is 2.20. The first-order chi connectivity index (χ1) is 8.76. The van der Waals surface area contributed by atoms with Crippen molar-refractivity contribution in [1.29, 1.82) is 0 Å². The van der Waals surface area contributed by atoms with Crippen LogP contribution in [0, 0.1) is 0 Å². The lowest BCUT2D eigenvalue weighted by atomic mass is 10.0. The Morgan fingerprint density at radius 3 is 2.55 bits per heavy atom. The molecule has 0 bridgehead atoms. The molecule has 0 aliphatic carbocycles. The Hall–Kier alpha value is -0.940. The van der Waals surface area contributed by atoms with Crippen LogP contribution in [0.3, 0.4) is 0 Å². The number of aromatic hydroxyl groups is 1. The van der Waals surface area contributed by atoms with Crippen LogP contribution < -0.4 is 10.1 Å². The fourth-order valence-corrected chi connectivity index (χ4v) is 2.33. The van der Waals surface area contributed by atoms with E-state index in [1.807, 2.05) is 18.2 Å². The predicted octanol–water partition coefficient (Wildman–Crippen LogP) is 2.38. The van der Waals surface area contributed by atoms with E-state index in [1.54, 1.807) is 13.2 Å². The number of nitrogens with zero attached hydrogens (tertiary/aromatic N) is 1. The minimum atomic E-state index is 0. The molecule has 1 aromatic rings. The van der Waals surface area contributed by atoms with Crippen molar-refractivity contribution in [2.24, 2.45) is 0 Å². The molecule has 1 heterocycles. The molecule has 0 spiro atoms. The first-order valence-electron chi connectivity index (χ1n) is 6.20. The van der Waals surface area contributed by atoms with Gasteiger partial charge in [-0.3, -0.25) is 4.90 Å². The van der Waals surface area contributed by atoms with Gasteiger partial charge in [0.1, 0.15) is 0 Å². The van der Waals surface area contributed by atoms with Crippen molar-refractivity contribution in [2.45, 2.75) is 6.04 Å². The van der Waals surface area contributed by atoms with E-state index >= 15 is 0 Å². The van der Waals surface area contributed by atoms with Crippen LogP contribution in [0.5, 0.6) is 11.5 Å². The molecule has 0 radical (unpaired) electrons. The molecule has 1 aliphatic rings. The van der Waals surface area contributed by atoms with Gasteiger partial charge in [0, 0.05) is 26.2 Å². The number of ether oxygens (including phenoxy) is 1.